The second kappa shape index (κ2) is 10.3. The first-order valence-electron chi connectivity index (χ1n) is 11.4. The number of ether oxygens (including phenoxy) is 2. The molecule has 1 saturated heterocycles. The highest BCUT2D eigenvalue weighted by Crippen LogP contribution is 2.35. The van der Waals surface area contributed by atoms with E-state index in [4.69, 9.17) is 15.2 Å². The largest absolute Gasteiger partial charge is 0.490 e. The Bertz CT molecular complexity index is 1300. The van der Waals surface area contributed by atoms with Gasteiger partial charge in [-0.1, -0.05) is 11.8 Å². The topological polar surface area (TPSA) is 104 Å². The van der Waals surface area contributed by atoms with E-state index < -0.39 is 0 Å². The van der Waals surface area contributed by atoms with Gasteiger partial charge in [0.15, 0.2) is 0 Å². The van der Waals surface area contributed by atoms with Crippen molar-refractivity contribution in [1.82, 2.24) is 9.78 Å². The Labute approximate surface area is 201 Å². The van der Waals surface area contributed by atoms with Crippen molar-refractivity contribution in [1.29, 1.82) is 0 Å². The van der Waals surface area contributed by atoms with Crippen molar-refractivity contribution >= 4 is 34.4 Å². The Hall–Kier alpha value is -3.30. The fourth-order valence-corrected chi connectivity index (χ4v) is 4.87. The van der Waals surface area contributed by atoms with Gasteiger partial charge in [-0.25, -0.2) is 4.68 Å². The van der Waals surface area contributed by atoms with Crippen molar-refractivity contribution in [2.24, 2.45) is 10.7 Å². The summed E-state index contributed by atoms with van der Waals surface area (Å²) in [5, 5.41) is 9.09. The number of nitrogens with zero attached hydrogens (tertiary/aromatic N) is 3. The zero-order valence-corrected chi connectivity index (χ0v) is 19.6. The number of aromatic nitrogens is 2. The number of aliphatic imine (C=N–C) groups is 1. The second-order valence-corrected chi connectivity index (χ2v) is 9.40. The van der Waals surface area contributed by atoms with E-state index in [9.17, 15) is 4.79 Å². The average Bonchev–Trinajstić information content (AvgIpc) is 2.86. The van der Waals surface area contributed by atoms with Crippen LogP contribution in [0.4, 0.5) is 5.69 Å². The summed E-state index contributed by atoms with van der Waals surface area (Å²) in [5.41, 5.74) is 7.44. The van der Waals surface area contributed by atoms with Gasteiger partial charge >= 0.3 is 0 Å². The van der Waals surface area contributed by atoms with E-state index in [1.165, 1.54) is 4.68 Å². The zero-order chi connectivity index (χ0) is 23.3. The number of nitrogens with two attached hydrogens (primary N) is 1. The van der Waals surface area contributed by atoms with Crippen LogP contribution in [0.5, 0.6) is 5.75 Å². The number of hydrogen-bond acceptors (Lipinski definition) is 8. The molecule has 0 radical (unpaired) electrons. The van der Waals surface area contributed by atoms with E-state index in [0.29, 0.717) is 17.7 Å². The molecule has 3 heterocycles. The van der Waals surface area contributed by atoms with Crippen LogP contribution in [0, 0.1) is 0 Å². The normalized spacial score (nSPS) is 18.5. The van der Waals surface area contributed by atoms with Crippen LogP contribution in [0.1, 0.15) is 19.3 Å². The zero-order valence-electron chi connectivity index (χ0n) is 18.8. The lowest BCUT2D eigenvalue weighted by Crippen LogP contribution is -2.25. The molecule has 9 heteroatoms. The van der Waals surface area contributed by atoms with Crippen molar-refractivity contribution in [2.45, 2.75) is 41.8 Å². The molecule has 5 rings (SSSR count). The molecule has 34 heavy (non-hydrogen) atoms. The van der Waals surface area contributed by atoms with E-state index in [1.807, 2.05) is 30.3 Å². The van der Waals surface area contributed by atoms with Crippen LogP contribution in [0.3, 0.4) is 0 Å². The molecule has 0 spiro atoms. The average molecular weight is 478 g/mol. The number of fused-ring (bicyclic) bond motifs is 2. The molecule has 3 aromatic rings. The summed E-state index contributed by atoms with van der Waals surface area (Å²) in [7, 11) is 0. The Balaban J connectivity index is 1.29. The van der Waals surface area contributed by atoms with Crippen LogP contribution < -0.4 is 21.3 Å². The molecule has 1 unspecified atom stereocenters. The van der Waals surface area contributed by atoms with Crippen LogP contribution >= 0.6 is 11.8 Å². The second-order valence-electron chi connectivity index (χ2n) is 8.25. The molecule has 2 aliphatic heterocycles. The molecule has 0 bridgehead atoms. The molecule has 2 aliphatic rings. The first-order valence-corrected chi connectivity index (χ1v) is 12.3. The fraction of sp³-hybridized carbons (Fsp3) is 0.320. The monoisotopic (exact) mass is 477 g/mol. The van der Waals surface area contributed by atoms with Crippen LogP contribution in [0.25, 0.3) is 10.8 Å². The Morgan fingerprint density at radius 2 is 2.12 bits per heavy atom. The molecular weight excluding hydrogens is 450 g/mol. The smallest absolute Gasteiger partial charge is 0.274 e. The lowest BCUT2D eigenvalue weighted by atomic mass is 10.2. The van der Waals surface area contributed by atoms with Gasteiger partial charge in [-0.05, 0) is 61.7 Å². The molecule has 3 N–H and O–H groups in total. The van der Waals surface area contributed by atoms with Crippen LogP contribution in [-0.4, -0.2) is 42.0 Å². The van der Waals surface area contributed by atoms with E-state index in [1.54, 1.807) is 30.2 Å². The maximum Gasteiger partial charge on any atom is 0.274 e. The van der Waals surface area contributed by atoms with E-state index in [-0.39, 0.29) is 18.3 Å². The third-order valence-corrected chi connectivity index (χ3v) is 6.69. The predicted molar refractivity (Wildman–Crippen MR) is 135 cm³/mol. The summed E-state index contributed by atoms with van der Waals surface area (Å²) >= 11 is 1.63. The van der Waals surface area contributed by atoms with Gasteiger partial charge in [-0.3, -0.25) is 9.79 Å². The SMILES string of the molecule is N/C(=C\C=N\C1CCCCO1)Cn1ncc2cc(Sc3ccc4c(c3)NCCO4)ccc2c1=O. The molecule has 0 saturated carbocycles. The van der Waals surface area contributed by atoms with Crippen molar-refractivity contribution in [3.63, 3.8) is 0 Å². The van der Waals surface area contributed by atoms with E-state index in [0.717, 1.165) is 59.0 Å². The maximum absolute atomic E-state index is 13.0. The number of allylic oxidation sites excluding steroid dienone is 2. The maximum atomic E-state index is 13.0. The minimum absolute atomic E-state index is 0.0997. The lowest BCUT2D eigenvalue weighted by molar-refractivity contribution is 0.0227. The molecular formula is C25H27N5O3S. The standard InChI is InChI=1S/C25H27N5O3S/c26-18(8-9-28-24-3-1-2-11-33-24)16-30-25(31)21-6-4-19(13-17(21)15-29-30)34-20-5-7-23-22(14-20)27-10-12-32-23/h4-9,13-15,24,27H,1-3,10-12,16,26H2/b18-8-,28-9+. The van der Waals surface area contributed by atoms with Gasteiger partial charge in [-0.15, -0.1) is 0 Å². The van der Waals surface area contributed by atoms with Crippen molar-refractivity contribution in [3.05, 3.63) is 64.7 Å². The molecule has 8 nitrogen and oxygen atoms in total. The van der Waals surface area contributed by atoms with E-state index >= 15 is 0 Å². The van der Waals surface area contributed by atoms with Crippen molar-refractivity contribution < 1.29 is 9.47 Å². The Morgan fingerprint density at radius 1 is 1.24 bits per heavy atom. The molecule has 0 amide bonds. The number of benzene rings is 2. The minimum Gasteiger partial charge on any atom is -0.490 e. The third-order valence-electron chi connectivity index (χ3n) is 5.71. The first kappa shape index (κ1) is 22.5. The van der Waals surface area contributed by atoms with Crippen LogP contribution in [-0.2, 0) is 11.3 Å². The number of nitrogens with one attached hydrogen (secondary N) is 1. The number of hydrogen-bond donors (Lipinski definition) is 2. The fourth-order valence-electron chi connectivity index (χ4n) is 3.96. The molecule has 1 atom stereocenters. The van der Waals surface area contributed by atoms with Gasteiger partial charge in [0.1, 0.15) is 18.6 Å². The van der Waals surface area contributed by atoms with Crippen molar-refractivity contribution in [2.75, 3.05) is 25.1 Å². The Morgan fingerprint density at radius 3 is 3.00 bits per heavy atom. The van der Waals surface area contributed by atoms with Crippen molar-refractivity contribution in [3.8, 4) is 5.75 Å². The third kappa shape index (κ3) is 5.26. The molecule has 0 aliphatic carbocycles. The van der Waals surface area contributed by atoms with Gasteiger partial charge in [0, 0.05) is 40.2 Å². The summed E-state index contributed by atoms with van der Waals surface area (Å²) in [5.74, 6) is 0.876. The highest BCUT2D eigenvalue weighted by atomic mass is 32.2. The van der Waals surface area contributed by atoms with E-state index in [2.05, 4.69) is 21.5 Å². The van der Waals surface area contributed by atoms with Gasteiger partial charge < -0.3 is 20.5 Å². The first-order chi connectivity index (χ1) is 16.7. The van der Waals surface area contributed by atoms with Gasteiger partial charge in [0.05, 0.1) is 23.8 Å². The summed E-state index contributed by atoms with van der Waals surface area (Å²) < 4.78 is 12.6. The summed E-state index contributed by atoms with van der Waals surface area (Å²) in [6.45, 7) is 2.43. The van der Waals surface area contributed by atoms with Gasteiger partial charge in [-0.2, -0.15) is 5.10 Å². The highest BCUT2D eigenvalue weighted by Gasteiger charge is 2.12. The number of anilines is 1. The summed E-state index contributed by atoms with van der Waals surface area (Å²) in [4.78, 5) is 19.5. The van der Waals surface area contributed by atoms with Crippen LogP contribution in [0.15, 0.2) is 73.9 Å². The van der Waals surface area contributed by atoms with Gasteiger partial charge in [0.25, 0.3) is 5.56 Å². The highest BCUT2D eigenvalue weighted by molar-refractivity contribution is 7.99. The number of rotatable bonds is 6. The minimum atomic E-state index is -0.173. The quantitative estimate of drug-likeness (QED) is 0.521. The molecule has 1 fully saturated rings. The molecule has 1 aromatic heterocycles. The summed E-state index contributed by atoms with van der Waals surface area (Å²) in [6, 6.07) is 11.9. The van der Waals surface area contributed by atoms with Crippen LogP contribution in [0.2, 0.25) is 0 Å². The van der Waals surface area contributed by atoms with Gasteiger partial charge in [0.2, 0.25) is 0 Å². The predicted octanol–water partition coefficient (Wildman–Crippen LogP) is 3.79. The molecule has 2 aromatic carbocycles. The Kier molecular flexibility index (Phi) is 6.82. The lowest BCUT2D eigenvalue weighted by Gasteiger charge is -2.19. The summed E-state index contributed by atoms with van der Waals surface area (Å²) in [6.07, 6.45) is 8.10. The molecule has 176 valence electrons.